The van der Waals surface area contributed by atoms with Crippen LogP contribution in [-0.2, 0) is 11.3 Å². The van der Waals surface area contributed by atoms with Gasteiger partial charge < -0.3 is 25.8 Å². The van der Waals surface area contributed by atoms with Gasteiger partial charge in [0.2, 0.25) is 5.91 Å². The first-order valence-electron chi connectivity index (χ1n) is 7.73. The van der Waals surface area contributed by atoms with Crippen LogP contribution in [-0.4, -0.2) is 25.1 Å². The van der Waals surface area contributed by atoms with Gasteiger partial charge in [-0.25, -0.2) is 4.79 Å². The average Bonchev–Trinajstić information content (AvgIpc) is 2.60. The Morgan fingerprint density at radius 3 is 2.32 bits per heavy atom. The molecular formula is C18H21N3O4. The third-order valence-corrected chi connectivity index (χ3v) is 3.44. The summed E-state index contributed by atoms with van der Waals surface area (Å²) in [6.45, 7) is 1.89. The maximum Gasteiger partial charge on any atom is 0.312 e. The normalized spacial score (nSPS) is 11.3. The Balaban J connectivity index is 1.91. The highest BCUT2D eigenvalue weighted by molar-refractivity contribution is 5.86. The highest BCUT2D eigenvalue weighted by Crippen LogP contribution is 2.30. The van der Waals surface area contributed by atoms with Crippen LogP contribution in [0.2, 0.25) is 0 Å². The molecule has 7 nitrogen and oxygen atoms in total. The third kappa shape index (κ3) is 5.42. The number of carbonyl (C=O) groups is 2. The van der Waals surface area contributed by atoms with Gasteiger partial charge in [-0.1, -0.05) is 24.3 Å². The minimum Gasteiger partial charge on any atom is -0.493 e. The van der Waals surface area contributed by atoms with Crippen molar-refractivity contribution in [2.45, 2.75) is 19.5 Å². The molecule has 3 amide bonds. The van der Waals surface area contributed by atoms with E-state index < -0.39 is 12.1 Å². The molecule has 0 aliphatic carbocycles. The molecule has 0 fully saturated rings. The second-order valence-electron chi connectivity index (χ2n) is 5.34. The highest BCUT2D eigenvalue weighted by atomic mass is 16.5. The fraction of sp³-hybridized carbons (Fsp3) is 0.222. The van der Waals surface area contributed by atoms with E-state index in [4.69, 9.17) is 15.2 Å². The summed E-state index contributed by atoms with van der Waals surface area (Å²) in [6, 6.07) is 13.2. The maximum absolute atomic E-state index is 11.8. The molecule has 0 saturated carbocycles. The molecule has 0 heterocycles. The largest absolute Gasteiger partial charge is 0.493 e. The van der Waals surface area contributed by atoms with Gasteiger partial charge in [0.15, 0.2) is 11.5 Å². The Morgan fingerprint density at radius 2 is 1.72 bits per heavy atom. The minimum atomic E-state index is -0.736. The van der Waals surface area contributed by atoms with Gasteiger partial charge in [-0.2, -0.15) is 0 Å². The summed E-state index contributed by atoms with van der Waals surface area (Å²) in [6.07, 6.45) is 0. The molecule has 2 rings (SSSR count). The number of hydrogen-bond donors (Lipinski definition) is 3. The minimum absolute atomic E-state index is 0.312. The van der Waals surface area contributed by atoms with Gasteiger partial charge >= 0.3 is 6.03 Å². The number of benzene rings is 2. The first kappa shape index (κ1) is 18.1. The first-order valence-corrected chi connectivity index (χ1v) is 7.73. The summed E-state index contributed by atoms with van der Waals surface area (Å²) >= 11 is 0. The standard InChI is InChI=1S/C18H21N3O4/c1-12(21-18(19)23)17(22)20-11-13-7-9-14(10-8-13)25-16-6-4-3-5-15(16)24-2/h3-10,12H,11H2,1-2H3,(H,20,22)(H3,19,21,23)/t12-/m1/s1. The Labute approximate surface area is 146 Å². The number of nitrogens with one attached hydrogen (secondary N) is 2. The van der Waals surface area contributed by atoms with Gasteiger partial charge in [-0.3, -0.25) is 4.79 Å². The number of nitrogens with two attached hydrogens (primary N) is 1. The van der Waals surface area contributed by atoms with E-state index in [2.05, 4.69) is 10.6 Å². The summed E-state index contributed by atoms with van der Waals surface area (Å²) in [7, 11) is 1.59. The summed E-state index contributed by atoms with van der Waals surface area (Å²) in [5.74, 6) is 1.61. The molecule has 0 bridgehead atoms. The van der Waals surface area contributed by atoms with Gasteiger partial charge in [0.25, 0.3) is 0 Å². The molecule has 0 saturated heterocycles. The number of rotatable bonds is 7. The zero-order chi connectivity index (χ0) is 18.2. The van der Waals surface area contributed by atoms with Crippen molar-refractivity contribution >= 4 is 11.9 Å². The van der Waals surface area contributed by atoms with E-state index in [-0.39, 0.29) is 5.91 Å². The first-order chi connectivity index (χ1) is 12.0. The van der Waals surface area contributed by atoms with Crippen molar-refractivity contribution in [3.63, 3.8) is 0 Å². The molecule has 0 spiro atoms. The van der Waals surface area contributed by atoms with E-state index in [9.17, 15) is 9.59 Å². The van der Waals surface area contributed by atoms with Crippen molar-refractivity contribution in [3.05, 3.63) is 54.1 Å². The molecule has 0 aromatic heterocycles. The Morgan fingerprint density at radius 1 is 1.08 bits per heavy atom. The van der Waals surface area contributed by atoms with Gasteiger partial charge in [-0.15, -0.1) is 0 Å². The van der Waals surface area contributed by atoms with Crippen LogP contribution in [0.5, 0.6) is 17.2 Å². The summed E-state index contributed by atoms with van der Waals surface area (Å²) in [5, 5.41) is 5.04. The Bertz CT molecular complexity index is 731. The van der Waals surface area contributed by atoms with Crippen molar-refractivity contribution < 1.29 is 19.1 Å². The van der Waals surface area contributed by atoms with E-state index in [1.807, 2.05) is 36.4 Å². The molecular weight excluding hydrogens is 322 g/mol. The lowest BCUT2D eigenvalue weighted by Crippen LogP contribution is -2.46. The fourth-order valence-electron chi connectivity index (χ4n) is 2.13. The molecule has 4 N–H and O–H groups in total. The molecule has 0 radical (unpaired) electrons. The number of methoxy groups -OCH3 is 1. The van der Waals surface area contributed by atoms with E-state index >= 15 is 0 Å². The number of amides is 3. The molecule has 2 aromatic rings. The van der Waals surface area contributed by atoms with Crippen molar-refractivity contribution in [2.24, 2.45) is 5.73 Å². The number of primary amides is 1. The quantitative estimate of drug-likeness (QED) is 0.717. The second-order valence-corrected chi connectivity index (χ2v) is 5.34. The monoisotopic (exact) mass is 343 g/mol. The predicted molar refractivity (Wildman–Crippen MR) is 93.5 cm³/mol. The van der Waals surface area contributed by atoms with Gasteiger partial charge in [-0.05, 0) is 36.8 Å². The third-order valence-electron chi connectivity index (χ3n) is 3.44. The van der Waals surface area contributed by atoms with E-state index in [0.29, 0.717) is 23.8 Å². The van der Waals surface area contributed by atoms with E-state index in [1.165, 1.54) is 0 Å². The molecule has 0 aliphatic heterocycles. The lowest BCUT2D eigenvalue weighted by molar-refractivity contribution is -0.122. The van der Waals surface area contributed by atoms with Crippen LogP contribution < -0.4 is 25.8 Å². The number of hydrogen-bond acceptors (Lipinski definition) is 4. The molecule has 1 atom stereocenters. The number of ether oxygens (including phenoxy) is 2. The molecule has 0 unspecified atom stereocenters. The highest BCUT2D eigenvalue weighted by Gasteiger charge is 2.13. The van der Waals surface area contributed by atoms with Crippen LogP contribution in [0.4, 0.5) is 4.79 Å². The van der Waals surface area contributed by atoms with Gasteiger partial charge in [0.1, 0.15) is 11.8 Å². The lowest BCUT2D eigenvalue weighted by atomic mass is 10.2. The maximum atomic E-state index is 11.8. The summed E-state index contributed by atoms with van der Waals surface area (Å²) in [5.41, 5.74) is 5.88. The van der Waals surface area contributed by atoms with Crippen LogP contribution in [0.1, 0.15) is 12.5 Å². The molecule has 7 heteroatoms. The smallest absolute Gasteiger partial charge is 0.312 e. The number of urea groups is 1. The van der Waals surface area contributed by atoms with Crippen molar-refractivity contribution in [1.82, 2.24) is 10.6 Å². The topological polar surface area (TPSA) is 103 Å². The van der Waals surface area contributed by atoms with Crippen LogP contribution >= 0.6 is 0 Å². The fourth-order valence-corrected chi connectivity index (χ4v) is 2.13. The summed E-state index contributed by atoms with van der Waals surface area (Å²) in [4.78, 5) is 22.5. The van der Waals surface area contributed by atoms with Gasteiger partial charge in [0.05, 0.1) is 7.11 Å². The van der Waals surface area contributed by atoms with Crippen LogP contribution in [0.25, 0.3) is 0 Å². The number of para-hydroxylation sites is 2. The van der Waals surface area contributed by atoms with Crippen LogP contribution in [0.15, 0.2) is 48.5 Å². The van der Waals surface area contributed by atoms with Crippen molar-refractivity contribution in [2.75, 3.05) is 7.11 Å². The average molecular weight is 343 g/mol. The molecule has 25 heavy (non-hydrogen) atoms. The summed E-state index contributed by atoms with van der Waals surface area (Å²) < 4.78 is 11.0. The van der Waals surface area contributed by atoms with Crippen molar-refractivity contribution in [1.29, 1.82) is 0 Å². The van der Waals surface area contributed by atoms with Crippen LogP contribution in [0.3, 0.4) is 0 Å². The molecule has 132 valence electrons. The van der Waals surface area contributed by atoms with E-state index in [1.54, 1.807) is 26.2 Å². The SMILES string of the molecule is COc1ccccc1Oc1ccc(CNC(=O)[C@@H](C)NC(N)=O)cc1. The zero-order valence-corrected chi connectivity index (χ0v) is 14.1. The Kier molecular flexibility index (Phi) is 6.22. The molecule has 0 aliphatic rings. The van der Waals surface area contributed by atoms with Crippen LogP contribution in [0, 0.1) is 0 Å². The second kappa shape index (κ2) is 8.58. The Hall–Kier alpha value is -3.22. The zero-order valence-electron chi connectivity index (χ0n) is 14.1. The lowest BCUT2D eigenvalue weighted by Gasteiger charge is -2.13. The van der Waals surface area contributed by atoms with Crippen molar-refractivity contribution in [3.8, 4) is 17.2 Å². The number of carbonyl (C=O) groups excluding carboxylic acids is 2. The predicted octanol–water partition coefficient (Wildman–Crippen LogP) is 2.16. The molecule has 2 aromatic carbocycles. The van der Waals surface area contributed by atoms with E-state index in [0.717, 1.165) is 5.56 Å². The van der Waals surface area contributed by atoms with Gasteiger partial charge in [0, 0.05) is 6.54 Å².